The number of hydrogen-bond donors (Lipinski definition) is 1. The number of nitrogens with zero attached hydrogens (tertiary/aromatic N) is 4. The third kappa shape index (κ3) is 4.62. The summed E-state index contributed by atoms with van der Waals surface area (Å²) in [5, 5.41) is 18.0. The van der Waals surface area contributed by atoms with Gasteiger partial charge in [-0.2, -0.15) is 13.2 Å². The number of halogens is 3. The van der Waals surface area contributed by atoms with Gasteiger partial charge in [0.05, 0.1) is 11.3 Å². The number of benzene rings is 1. The largest absolute Gasteiger partial charge is 0.507 e. The summed E-state index contributed by atoms with van der Waals surface area (Å²) in [5.41, 5.74) is 0.0608. The summed E-state index contributed by atoms with van der Waals surface area (Å²) in [7, 11) is 0. The summed E-state index contributed by atoms with van der Waals surface area (Å²) in [6, 6.07) is 2.78. The van der Waals surface area contributed by atoms with Gasteiger partial charge in [0.25, 0.3) is 0 Å². The topological polar surface area (TPSA) is 62.1 Å². The summed E-state index contributed by atoms with van der Waals surface area (Å²) < 4.78 is 38.0. The summed E-state index contributed by atoms with van der Waals surface area (Å²) in [6.07, 6.45) is -1.11. The average Bonchev–Trinajstić information content (AvgIpc) is 3.09. The van der Waals surface area contributed by atoms with Crippen molar-refractivity contribution in [2.75, 3.05) is 18.0 Å². The number of hydrogen-bond acceptors (Lipinski definition) is 5. The molecule has 0 bridgehead atoms. The fraction of sp³-hybridized carbons (Fsp3) is 0.500. The zero-order chi connectivity index (χ0) is 19.3. The number of phenols is 1. The second-order valence-electron chi connectivity index (χ2n) is 6.18. The van der Waals surface area contributed by atoms with Gasteiger partial charge in [0.1, 0.15) is 11.4 Å². The zero-order valence-corrected chi connectivity index (χ0v) is 15.1. The lowest BCUT2D eigenvalue weighted by atomic mass is 10.1. The molecular weight excluding hydrogens is 345 g/mol. The molecule has 1 aromatic heterocycles. The molecule has 5 nitrogen and oxygen atoms in total. The monoisotopic (exact) mass is 368 g/mol. The van der Waals surface area contributed by atoms with Gasteiger partial charge in [-0.1, -0.05) is 20.3 Å². The van der Waals surface area contributed by atoms with Crippen molar-refractivity contribution in [3.8, 4) is 17.0 Å². The third-order valence-corrected chi connectivity index (χ3v) is 3.82. The molecule has 0 radical (unpaired) electrons. The Hall–Kier alpha value is -2.38. The van der Waals surface area contributed by atoms with Gasteiger partial charge in [-0.05, 0) is 38.0 Å². The molecule has 0 atom stereocenters. The highest BCUT2D eigenvalue weighted by Gasteiger charge is 2.31. The van der Waals surface area contributed by atoms with E-state index in [0.29, 0.717) is 17.7 Å². The lowest BCUT2D eigenvalue weighted by Gasteiger charge is -2.16. The average molecular weight is 368 g/mol. The van der Waals surface area contributed by atoms with E-state index in [4.69, 9.17) is 0 Å². The molecule has 0 amide bonds. The van der Waals surface area contributed by atoms with E-state index < -0.39 is 17.5 Å². The Labute approximate surface area is 150 Å². The Balaban J connectivity index is 0.000000758. The van der Waals surface area contributed by atoms with Gasteiger partial charge in [-0.15, -0.1) is 10.2 Å². The molecule has 0 saturated carbocycles. The number of aromatic nitrogens is 3. The first-order valence-electron chi connectivity index (χ1n) is 8.64. The molecule has 2 aromatic rings. The van der Waals surface area contributed by atoms with Gasteiger partial charge in [0.2, 0.25) is 5.95 Å². The maximum Gasteiger partial charge on any atom is 0.416 e. The van der Waals surface area contributed by atoms with Crippen molar-refractivity contribution in [2.24, 2.45) is 0 Å². The summed E-state index contributed by atoms with van der Waals surface area (Å²) >= 11 is 0. The van der Waals surface area contributed by atoms with Gasteiger partial charge >= 0.3 is 6.18 Å². The predicted molar refractivity (Wildman–Crippen MR) is 94.1 cm³/mol. The SMILES string of the molecule is CCC.Cc1nc(N2CCCC2)nnc1-c1ccc(C(F)(F)F)cc1O. The number of anilines is 1. The standard InChI is InChI=1S/C15H15F3N4O.C3H8/c1-9-13(20-21-14(19-9)22-6-2-3-7-22)11-5-4-10(8-12(11)23)15(16,17)18;1-3-2/h4-5,8,23H,2-3,6-7H2,1H3;3H2,1-2H3. The van der Waals surface area contributed by atoms with Gasteiger partial charge in [0.15, 0.2) is 0 Å². The molecule has 26 heavy (non-hydrogen) atoms. The molecule has 8 heteroatoms. The fourth-order valence-corrected chi connectivity index (χ4v) is 2.60. The molecule has 0 unspecified atom stereocenters. The maximum atomic E-state index is 12.7. The van der Waals surface area contributed by atoms with E-state index in [-0.39, 0.29) is 11.3 Å². The van der Waals surface area contributed by atoms with Crippen LogP contribution in [0.5, 0.6) is 5.75 Å². The number of phenolic OH excluding ortho intramolecular Hbond substituents is 1. The minimum Gasteiger partial charge on any atom is -0.507 e. The van der Waals surface area contributed by atoms with Crippen LogP contribution in [0.3, 0.4) is 0 Å². The van der Waals surface area contributed by atoms with Gasteiger partial charge in [-0.3, -0.25) is 0 Å². The lowest BCUT2D eigenvalue weighted by Crippen LogP contribution is -2.21. The minimum absolute atomic E-state index is 0.184. The number of alkyl halides is 3. The highest BCUT2D eigenvalue weighted by molar-refractivity contribution is 5.69. The smallest absolute Gasteiger partial charge is 0.416 e. The highest BCUT2D eigenvalue weighted by Crippen LogP contribution is 2.36. The van der Waals surface area contributed by atoms with E-state index in [2.05, 4.69) is 29.0 Å². The Morgan fingerprint density at radius 3 is 2.23 bits per heavy atom. The molecule has 1 aromatic carbocycles. The normalized spacial score (nSPS) is 14.2. The van der Waals surface area contributed by atoms with Crippen LogP contribution in [-0.2, 0) is 6.18 Å². The molecule has 1 N–H and O–H groups in total. The Morgan fingerprint density at radius 2 is 1.73 bits per heavy atom. The number of aryl methyl sites for hydroxylation is 1. The van der Waals surface area contributed by atoms with E-state index in [1.165, 1.54) is 12.5 Å². The Bertz CT molecular complexity index is 744. The van der Waals surface area contributed by atoms with E-state index in [1.807, 2.05) is 4.90 Å². The Kier molecular flexibility index (Phi) is 6.39. The first-order chi connectivity index (χ1) is 12.3. The molecule has 0 aliphatic carbocycles. The highest BCUT2D eigenvalue weighted by atomic mass is 19.4. The maximum absolute atomic E-state index is 12.7. The van der Waals surface area contributed by atoms with Crippen LogP contribution in [0.1, 0.15) is 44.4 Å². The summed E-state index contributed by atoms with van der Waals surface area (Å²) in [5.74, 6) is 0.0168. The van der Waals surface area contributed by atoms with E-state index in [0.717, 1.165) is 32.0 Å². The van der Waals surface area contributed by atoms with Crippen LogP contribution in [0.25, 0.3) is 11.3 Å². The molecule has 0 spiro atoms. The van der Waals surface area contributed by atoms with Crippen molar-refractivity contribution < 1.29 is 18.3 Å². The lowest BCUT2D eigenvalue weighted by molar-refractivity contribution is -0.137. The number of rotatable bonds is 2. The molecule has 1 fully saturated rings. The van der Waals surface area contributed by atoms with Crippen LogP contribution in [-0.4, -0.2) is 33.4 Å². The minimum atomic E-state index is -4.51. The van der Waals surface area contributed by atoms with Crippen LogP contribution in [0.2, 0.25) is 0 Å². The van der Waals surface area contributed by atoms with Crippen molar-refractivity contribution in [3.63, 3.8) is 0 Å². The van der Waals surface area contributed by atoms with Crippen molar-refractivity contribution in [1.82, 2.24) is 15.2 Å². The van der Waals surface area contributed by atoms with Crippen LogP contribution >= 0.6 is 0 Å². The van der Waals surface area contributed by atoms with Crippen LogP contribution in [0.4, 0.5) is 19.1 Å². The zero-order valence-electron chi connectivity index (χ0n) is 15.1. The quantitative estimate of drug-likeness (QED) is 0.840. The molecule has 1 aliphatic rings. The van der Waals surface area contributed by atoms with Gasteiger partial charge < -0.3 is 10.0 Å². The summed E-state index contributed by atoms with van der Waals surface area (Å²) in [4.78, 5) is 6.37. The second-order valence-corrected chi connectivity index (χ2v) is 6.18. The van der Waals surface area contributed by atoms with E-state index in [9.17, 15) is 18.3 Å². The van der Waals surface area contributed by atoms with Crippen LogP contribution < -0.4 is 4.90 Å². The van der Waals surface area contributed by atoms with Crippen molar-refractivity contribution in [1.29, 1.82) is 0 Å². The van der Waals surface area contributed by atoms with Gasteiger partial charge in [0, 0.05) is 18.7 Å². The Morgan fingerprint density at radius 1 is 1.12 bits per heavy atom. The third-order valence-electron chi connectivity index (χ3n) is 3.82. The molecule has 142 valence electrons. The van der Waals surface area contributed by atoms with Gasteiger partial charge in [-0.25, -0.2) is 4.98 Å². The van der Waals surface area contributed by atoms with Crippen molar-refractivity contribution in [3.05, 3.63) is 29.5 Å². The van der Waals surface area contributed by atoms with Crippen LogP contribution in [0.15, 0.2) is 18.2 Å². The first-order valence-corrected chi connectivity index (χ1v) is 8.64. The second kappa shape index (κ2) is 8.33. The van der Waals surface area contributed by atoms with E-state index >= 15 is 0 Å². The molecule has 2 heterocycles. The van der Waals surface area contributed by atoms with Crippen molar-refractivity contribution >= 4 is 5.95 Å². The fourth-order valence-electron chi connectivity index (χ4n) is 2.60. The molecule has 1 aliphatic heterocycles. The number of aromatic hydroxyl groups is 1. The predicted octanol–water partition coefficient (Wildman–Crippen LogP) is 4.59. The van der Waals surface area contributed by atoms with Crippen LogP contribution in [0, 0.1) is 6.92 Å². The first kappa shape index (κ1) is 19.9. The summed E-state index contributed by atoms with van der Waals surface area (Å²) in [6.45, 7) is 7.68. The van der Waals surface area contributed by atoms with Crippen molar-refractivity contribution in [2.45, 2.75) is 46.2 Å². The molecule has 1 saturated heterocycles. The van der Waals surface area contributed by atoms with E-state index in [1.54, 1.807) is 6.92 Å². The molecule has 3 rings (SSSR count). The molecular formula is C18H23F3N4O.